The summed E-state index contributed by atoms with van der Waals surface area (Å²) >= 11 is 0. The van der Waals surface area contributed by atoms with E-state index in [4.69, 9.17) is 16.3 Å². The van der Waals surface area contributed by atoms with Crippen molar-refractivity contribution in [2.24, 2.45) is 11.8 Å². The van der Waals surface area contributed by atoms with Gasteiger partial charge in [-0.2, -0.15) is 0 Å². The first-order valence-electron chi connectivity index (χ1n) is 6.10. The van der Waals surface area contributed by atoms with Crippen molar-refractivity contribution in [1.82, 2.24) is 10.4 Å². The third-order valence-corrected chi connectivity index (χ3v) is 3.98. The predicted octanol–water partition coefficient (Wildman–Crippen LogP) is 0.736. The number of aromatic nitrogens is 1. The van der Waals surface area contributed by atoms with E-state index in [0.29, 0.717) is 18.1 Å². The molecule has 0 spiro atoms. The summed E-state index contributed by atoms with van der Waals surface area (Å²) in [6.07, 6.45) is 7.61. The number of nitrogens with two attached hydrogens (primary N) is 2. The molecule has 4 unspecified atom stereocenters. The zero-order valence-electron chi connectivity index (χ0n) is 9.67. The number of hydrogen-bond acceptors (Lipinski definition) is 5. The fourth-order valence-corrected chi connectivity index (χ4v) is 3.15. The summed E-state index contributed by atoms with van der Waals surface area (Å²) in [6.45, 7) is 0. The second-order valence-corrected chi connectivity index (χ2v) is 4.92. The number of fused-ring (bicyclic) bond motifs is 2. The highest BCUT2D eigenvalue weighted by Gasteiger charge is 2.44. The van der Waals surface area contributed by atoms with E-state index < -0.39 is 0 Å². The van der Waals surface area contributed by atoms with Gasteiger partial charge in [-0.3, -0.25) is 16.3 Å². The lowest BCUT2D eigenvalue weighted by Gasteiger charge is -2.28. The van der Waals surface area contributed by atoms with Crippen LogP contribution in [0.2, 0.25) is 0 Å². The van der Waals surface area contributed by atoms with E-state index in [1.165, 1.54) is 6.42 Å². The van der Waals surface area contributed by atoms with Gasteiger partial charge in [0.2, 0.25) is 0 Å². The Morgan fingerprint density at radius 1 is 1.47 bits per heavy atom. The van der Waals surface area contributed by atoms with Crippen LogP contribution in [0.3, 0.4) is 0 Å². The van der Waals surface area contributed by atoms with Gasteiger partial charge in [0.1, 0.15) is 0 Å². The molecule has 0 aromatic carbocycles. The number of anilines is 1. The van der Waals surface area contributed by atoms with Crippen molar-refractivity contribution in [2.45, 2.75) is 37.5 Å². The van der Waals surface area contributed by atoms with Gasteiger partial charge in [0, 0.05) is 29.6 Å². The summed E-state index contributed by atoms with van der Waals surface area (Å²) in [5, 5.41) is 0. The second-order valence-electron chi connectivity index (χ2n) is 4.92. The number of pyridine rings is 1. The Hall–Kier alpha value is -1.17. The highest BCUT2D eigenvalue weighted by atomic mass is 16.5. The molecule has 92 valence electrons. The zero-order valence-corrected chi connectivity index (χ0v) is 9.67. The van der Waals surface area contributed by atoms with Gasteiger partial charge >= 0.3 is 0 Å². The van der Waals surface area contributed by atoms with Crippen LogP contribution in [-0.2, 0) is 4.74 Å². The van der Waals surface area contributed by atoms with Gasteiger partial charge in [0.15, 0.2) is 0 Å². The Balaban J connectivity index is 1.87. The molecule has 0 amide bonds. The molecule has 17 heavy (non-hydrogen) atoms. The number of hydrogen-bond donors (Lipinski definition) is 3. The van der Waals surface area contributed by atoms with Crippen LogP contribution in [-0.4, -0.2) is 17.2 Å². The van der Waals surface area contributed by atoms with E-state index in [2.05, 4.69) is 10.4 Å². The molecule has 2 fully saturated rings. The topological polar surface area (TPSA) is 86.2 Å². The summed E-state index contributed by atoms with van der Waals surface area (Å²) in [7, 11) is 0. The number of nitrogens with zero attached hydrogens (tertiary/aromatic N) is 1. The van der Waals surface area contributed by atoms with Crippen LogP contribution in [0.25, 0.3) is 0 Å². The van der Waals surface area contributed by atoms with Crippen LogP contribution in [0.5, 0.6) is 0 Å². The molecule has 2 aliphatic heterocycles. The Morgan fingerprint density at radius 2 is 2.35 bits per heavy atom. The van der Waals surface area contributed by atoms with Crippen molar-refractivity contribution in [3.63, 3.8) is 0 Å². The quantitative estimate of drug-likeness (QED) is 0.530. The molecule has 3 heterocycles. The van der Waals surface area contributed by atoms with Gasteiger partial charge in [0.25, 0.3) is 0 Å². The average Bonchev–Trinajstić information content (AvgIpc) is 2.95. The Morgan fingerprint density at radius 3 is 2.94 bits per heavy atom. The third kappa shape index (κ3) is 1.80. The van der Waals surface area contributed by atoms with Crippen LogP contribution in [0.15, 0.2) is 18.5 Å². The van der Waals surface area contributed by atoms with Crippen LogP contribution >= 0.6 is 0 Å². The number of rotatable bonds is 3. The minimum absolute atomic E-state index is 0.0407. The van der Waals surface area contributed by atoms with Gasteiger partial charge in [-0.25, -0.2) is 0 Å². The molecule has 2 saturated heterocycles. The maximum absolute atomic E-state index is 5.99. The molecule has 0 saturated carbocycles. The molecule has 1 aromatic rings. The average molecular weight is 234 g/mol. The van der Waals surface area contributed by atoms with Crippen molar-refractivity contribution in [3.8, 4) is 0 Å². The fraction of sp³-hybridized carbons (Fsp3) is 0.583. The molecule has 2 aliphatic rings. The van der Waals surface area contributed by atoms with Crippen LogP contribution in [0.4, 0.5) is 5.69 Å². The SMILES string of the molecule is NNC(c1cnccc1N)C1CC2CCC1O2. The van der Waals surface area contributed by atoms with Gasteiger partial charge in [0.05, 0.1) is 18.2 Å². The highest BCUT2D eigenvalue weighted by molar-refractivity contribution is 5.46. The predicted molar refractivity (Wildman–Crippen MR) is 64.7 cm³/mol. The van der Waals surface area contributed by atoms with Gasteiger partial charge in [-0.1, -0.05) is 0 Å². The zero-order chi connectivity index (χ0) is 11.8. The molecule has 5 heteroatoms. The number of ether oxygens (including phenoxy) is 1. The molecule has 4 atom stereocenters. The van der Waals surface area contributed by atoms with Crippen molar-refractivity contribution in [1.29, 1.82) is 0 Å². The van der Waals surface area contributed by atoms with Gasteiger partial charge in [-0.05, 0) is 25.3 Å². The fourth-order valence-electron chi connectivity index (χ4n) is 3.15. The standard InChI is InChI=1S/C12H18N4O/c13-10-3-4-15-6-9(10)12(16-14)8-5-7-1-2-11(8)17-7/h3-4,6-8,11-12,16H,1-2,5,14H2,(H2,13,15). The van der Waals surface area contributed by atoms with Gasteiger partial charge in [-0.15, -0.1) is 0 Å². The molecular weight excluding hydrogens is 216 g/mol. The third-order valence-electron chi connectivity index (χ3n) is 3.98. The number of hydrazine groups is 1. The van der Waals surface area contributed by atoms with Crippen molar-refractivity contribution < 1.29 is 4.74 Å². The smallest absolute Gasteiger partial charge is 0.0627 e. The molecule has 5 nitrogen and oxygen atoms in total. The van der Waals surface area contributed by atoms with Crippen LogP contribution in [0.1, 0.15) is 30.9 Å². The summed E-state index contributed by atoms with van der Waals surface area (Å²) in [5.41, 5.74) is 10.6. The Bertz CT molecular complexity index is 411. The molecular formula is C12H18N4O. The molecule has 1 aromatic heterocycles. The van der Waals surface area contributed by atoms with E-state index >= 15 is 0 Å². The number of nitrogen functional groups attached to an aromatic ring is 1. The second kappa shape index (κ2) is 4.25. The largest absolute Gasteiger partial charge is 0.398 e. The van der Waals surface area contributed by atoms with E-state index in [1.807, 2.05) is 6.07 Å². The summed E-state index contributed by atoms with van der Waals surface area (Å²) in [5.74, 6) is 6.10. The Kier molecular flexibility index (Phi) is 2.74. The van der Waals surface area contributed by atoms with Gasteiger partial charge < -0.3 is 10.5 Å². The minimum Gasteiger partial charge on any atom is -0.398 e. The van der Waals surface area contributed by atoms with Crippen molar-refractivity contribution in [2.75, 3.05) is 5.73 Å². The first-order chi connectivity index (χ1) is 8.29. The summed E-state index contributed by atoms with van der Waals surface area (Å²) < 4.78 is 5.87. The normalized spacial score (nSPS) is 32.9. The van der Waals surface area contributed by atoms with Crippen LogP contribution < -0.4 is 17.0 Å². The highest BCUT2D eigenvalue weighted by Crippen LogP contribution is 2.45. The molecule has 0 aliphatic carbocycles. The minimum atomic E-state index is 0.0407. The van der Waals surface area contributed by atoms with Crippen molar-refractivity contribution in [3.05, 3.63) is 24.0 Å². The maximum atomic E-state index is 5.99. The first kappa shape index (κ1) is 11.0. The number of nitrogens with one attached hydrogen (secondary N) is 1. The van der Waals surface area contributed by atoms with Crippen LogP contribution in [0, 0.1) is 5.92 Å². The summed E-state index contributed by atoms with van der Waals surface area (Å²) in [4.78, 5) is 4.13. The first-order valence-corrected chi connectivity index (χ1v) is 6.10. The molecule has 0 radical (unpaired) electrons. The van der Waals surface area contributed by atoms with E-state index in [1.54, 1.807) is 12.4 Å². The lowest BCUT2D eigenvalue weighted by atomic mass is 9.81. The van der Waals surface area contributed by atoms with E-state index in [0.717, 1.165) is 24.1 Å². The summed E-state index contributed by atoms with van der Waals surface area (Å²) in [6, 6.07) is 1.85. The van der Waals surface area contributed by atoms with E-state index in [-0.39, 0.29) is 6.04 Å². The van der Waals surface area contributed by atoms with Crippen molar-refractivity contribution >= 4 is 5.69 Å². The molecule has 2 bridgehead atoms. The molecule has 3 rings (SSSR count). The lowest BCUT2D eigenvalue weighted by Crippen LogP contribution is -2.38. The maximum Gasteiger partial charge on any atom is 0.0627 e. The monoisotopic (exact) mass is 234 g/mol. The van der Waals surface area contributed by atoms with E-state index in [9.17, 15) is 0 Å². The molecule has 5 N–H and O–H groups in total. The lowest BCUT2D eigenvalue weighted by molar-refractivity contribution is 0.0857. The Labute approximate surface area is 101 Å².